The zero-order chi connectivity index (χ0) is 15.1. The summed E-state index contributed by atoms with van der Waals surface area (Å²) in [7, 11) is 0. The minimum atomic E-state index is 0.711. The lowest BCUT2D eigenvalue weighted by molar-refractivity contribution is 0.222. The number of nitrogens with zero attached hydrogens (tertiary/aromatic N) is 2. The maximum Gasteiger partial charge on any atom is 0.0639 e. The molecular weight excluding hydrogens is 282 g/mol. The van der Waals surface area contributed by atoms with Crippen LogP contribution in [-0.4, -0.2) is 50.7 Å². The Morgan fingerprint density at radius 2 is 1.90 bits per heavy atom. The molecule has 21 heavy (non-hydrogen) atoms. The van der Waals surface area contributed by atoms with E-state index in [4.69, 9.17) is 11.6 Å². The minimum Gasteiger partial charge on any atom is -0.368 e. The summed E-state index contributed by atoms with van der Waals surface area (Å²) >= 11 is 6.29. The first-order valence-corrected chi connectivity index (χ1v) is 8.51. The first kappa shape index (κ1) is 16.6. The zero-order valence-electron chi connectivity index (χ0n) is 13.3. The average molecular weight is 310 g/mol. The van der Waals surface area contributed by atoms with Crippen molar-refractivity contribution in [2.45, 2.75) is 20.3 Å². The van der Waals surface area contributed by atoms with E-state index >= 15 is 0 Å². The third-order valence-corrected chi connectivity index (χ3v) is 4.37. The van der Waals surface area contributed by atoms with Crippen LogP contribution in [0, 0.1) is 5.92 Å². The number of para-hydroxylation sites is 1. The summed E-state index contributed by atoms with van der Waals surface area (Å²) in [6, 6.07) is 8.15. The summed E-state index contributed by atoms with van der Waals surface area (Å²) in [6.45, 7) is 12.4. The number of hydrogen-bond acceptors (Lipinski definition) is 3. The molecule has 1 atom stereocenters. The molecule has 4 heteroatoms. The second-order valence-electron chi connectivity index (χ2n) is 6.05. The van der Waals surface area contributed by atoms with E-state index in [9.17, 15) is 0 Å². The monoisotopic (exact) mass is 309 g/mol. The van der Waals surface area contributed by atoms with E-state index in [1.807, 2.05) is 12.1 Å². The van der Waals surface area contributed by atoms with Crippen molar-refractivity contribution >= 4 is 17.3 Å². The van der Waals surface area contributed by atoms with Gasteiger partial charge in [-0.1, -0.05) is 37.6 Å². The molecular formula is C17H28ClN3. The molecule has 0 saturated carbocycles. The molecule has 3 nitrogen and oxygen atoms in total. The second kappa shape index (κ2) is 8.62. The topological polar surface area (TPSA) is 18.5 Å². The van der Waals surface area contributed by atoms with Crippen LogP contribution >= 0.6 is 11.6 Å². The van der Waals surface area contributed by atoms with E-state index in [1.54, 1.807) is 0 Å². The fraction of sp³-hybridized carbons (Fsp3) is 0.647. The van der Waals surface area contributed by atoms with Crippen molar-refractivity contribution in [3.8, 4) is 0 Å². The highest BCUT2D eigenvalue weighted by Gasteiger charge is 2.19. The van der Waals surface area contributed by atoms with Gasteiger partial charge in [-0.3, -0.25) is 4.90 Å². The van der Waals surface area contributed by atoms with Crippen LogP contribution < -0.4 is 10.2 Å². The van der Waals surface area contributed by atoms with Gasteiger partial charge in [-0.2, -0.15) is 0 Å². The molecule has 1 aliphatic heterocycles. The van der Waals surface area contributed by atoms with Gasteiger partial charge in [-0.15, -0.1) is 0 Å². The van der Waals surface area contributed by atoms with Gasteiger partial charge in [0.15, 0.2) is 0 Å². The molecule has 1 saturated heterocycles. The smallest absolute Gasteiger partial charge is 0.0639 e. The van der Waals surface area contributed by atoms with Crippen LogP contribution in [0.4, 0.5) is 5.69 Å². The van der Waals surface area contributed by atoms with Crippen LogP contribution in [0.5, 0.6) is 0 Å². The molecule has 0 spiro atoms. The number of nitrogens with one attached hydrogen (secondary N) is 1. The van der Waals surface area contributed by atoms with Crippen LogP contribution in [-0.2, 0) is 0 Å². The molecule has 0 amide bonds. The summed E-state index contributed by atoms with van der Waals surface area (Å²) in [5.74, 6) is 0.711. The molecule has 0 bridgehead atoms. The van der Waals surface area contributed by atoms with Gasteiger partial charge in [0.25, 0.3) is 0 Å². The molecule has 1 fully saturated rings. The number of hydrogen-bond donors (Lipinski definition) is 1. The Bertz CT molecular complexity index is 416. The van der Waals surface area contributed by atoms with Gasteiger partial charge in [-0.05, 0) is 37.6 Å². The highest BCUT2D eigenvalue weighted by molar-refractivity contribution is 6.33. The largest absolute Gasteiger partial charge is 0.368 e. The summed E-state index contributed by atoms with van der Waals surface area (Å²) in [6.07, 6.45) is 1.21. The number of piperazine rings is 1. The second-order valence-corrected chi connectivity index (χ2v) is 6.46. The van der Waals surface area contributed by atoms with Crippen molar-refractivity contribution in [1.29, 1.82) is 0 Å². The standard InChI is InChI=1S/C17H28ClN3/c1-3-8-19-13-15(2)14-20-9-11-21(12-10-20)17-7-5-4-6-16(17)18/h4-7,15,19H,3,8-14H2,1-2H3. The molecule has 0 aliphatic carbocycles. The fourth-order valence-corrected chi connectivity index (χ4v) is 3.17. The predicted octanol–water partition coefficient (Wildman–Crippen LogP) is 3.10. The first-order chi connectivity index (χ1) is 10.2. The Balaban J connectivity index is 1.74. The van der Waals surface area contributed by atoms with Crippen LogP contribution in [0.15, 0.2) is 24.3 Å². The third kappa shape index (κ3) is 5.17. The van der Waals surface area contributed by atoms with E-state index in [0.717, 1.165) is 44.3 Å². The van der Waals surface area contributed by atoms with Gasteiger partial charge in [0.2, 0.25) is 0 Å². The maximum atomic E-state index is 6.29. The molecule has 1 aromatic carbocycles. The number of anilines is 1. The van der Waals surface area contributed by atoms with Gasteiger partial charge in [0.05, 0.1) is 10.7 Å². The Morgan fingerprint density at radius 3 is 2.57 bits per heavy atom. The van der Waals surface area contributed by atoms with E-state index in [0.29, 0.717) is 5.92 Å². The Labute approximate surface area is 134 Å². The van der Waals surface area contributed by atoms with E-state index in [2.05, 4.69) is 41.1 Å². The molecule has 1 aliphatic rings. The van der Waals surface area contributed by atoms with Crippen molar-refractivity contribution < 1.29 is 0 Å². The van der Waals surface area contributed by atoms with Crippen LogP contribution in [0.2, 0.25) is 5.02 Å². The molecule has 0 aromatic heterocycles. The van der Waals surface area contributed by atoms with Gasteiger partial charge < -0.3 is 10.2 Å². The van der Waals surface area contributed by atoms with Crippen molar-refractivity contribution in [2.75, 3.05) is 50.7 Å². The number of rotatable bonds is 7. The van der Waals surface area contributed by atoms with Crippen molar-refractivity contribution in [2.24, 2.45) is 5.92 Å². The average Bonchev–Trinajstić information content (AvgIpc) is 2.49. The predicted molar refractivity (Wildman–Crippen MR) is 92.4 cm³/mol. The minimum absolute atomic E-state index is 0.711. The molecule has 1 unspecified atom stereocenters. The van der Waals surface area contributed by atoms with Gasteiger partial charge >= 0.3 is 0 Å². The zero-order valence-corrected chi connectivity index (χ0v) is 14.1. The molecule has 0 radical (unpaired) electrons. The molecule has 118 valence electrons. The molecule has 1 N–H and O–H groups in total. The van der Waals surface area contributed by atoms with E-state index in [-0.39, 0.29) is 0 Å². The van der Waals surface area contributed by atoms with Gasteiger partial charge in [0, 0.05) is 32.7 Å². The lowest BCUT2D eigenvalue weighted by Gasteiger charge is -2.37. The number of halogens is 1. The molecule has 1 heterocycles. The first-order valence-electron chi connectivity index (χ1n) is 8.13. The highest BCUT2D eigenvalue weighted by atomic mass is 35.5. The van der Waals surface area contributed by atoms with E-state index < -0.39 is 0 Å². The van der Waals surface area contributed by atoms with Gasteiger partial charge in [0.1, 0.15) is 0 Å². The summed E-state index contributed by atoms with van der Waals surface area (Å²) in [4.78, 5) is 4.98. The summed E-state index contributed by atoms with van der Waals surface area (Å²) < 4.78 is 0. The van der Waals surface area contributed by atoms with E-state index in [1.165, 1.54) is 18.7 Å². The third-order valence-electron chi connectivity index (χ3n) is 4.05. The van der Waals surface area contributed by atoms with Crippen molar-refractivity contribution in [3.63, 3.8) is 0 Å². The van der Waals surface area contributed by atoms with Crippen LogP contribution in [0.3, 0.4) is 0 Å². The Kier molecular flexibility index (Phi) is 6.81. The maximum absolute atomic E-state index is 6.29. The van der Waals surface area contributed by atoms with Crippen molar-refractivity contribution in [3.05, 3.63) is 29.3 Å². The lowest BCUT2D eigenvalue weighted by atomic mass is 10.1. The Hall–Kier alpha value is -0.770. The summed E-state index contributed by atoms with van der Waals surface area (Å²) in [5, 5.41) is 4.38. The lowest BCUT2D eigenvalue weighted by Crippen LogP contribution is -2.48. The normalized spacial score (nSPS) is 18.0. The highest BCUT2D eigenvalue weighted by Crippen LogP contribution is 2.26. The molecule has 2 rings (SSSR count). The fourth-order valence-electron chi connectivity index (χ4n) is 2.91. The quantitative estimate of drug-likeness (QED) is 0.781. The van der Waals surface area contributed by atoms with Gasteiger partial charge in [-0.25, -0.2) is 0 Å². The van der Waals surface area contributed by atoms with Crippen molar-refractivity contribution in [1.82, 2.24) is 10.2 Å². The molecule has 1 aromatic rings. The summed E-state index contributed by atoms with van der Waals surface area (Å²) in [5.41, 5.74) is 1.18. The van der Waals surface area contributed by atoms with Crippen LogP contribution in [0.25, 0.3) is 0 Å². The number of benzene rings is 1. The van der Waals surface area contributed by atoms with Crippen LogP contribution in [0.1, 0.15) is 20.3 Å². The Morgan fingerprint density at radius 1 is 1.19 bits per heavy atom. The SMILES string of the molecule is CCCNCC(C)CN1CCN(c2ccccc2Cl)CC1.